The van der Waals surface area contributed by atoms with E-state index in [-0.39, 0.29) is 87.2 Å². The molecule has 0 bridgehead atoms. The second kappa shape index (κ2) is 15.8. The maximum absolute atomic E-state index is 17.4. The lowest BCUT2D eigenvalue weighted by Gasteiger charge is -2.47. The second-order valence-corrected chi connectivity index (χ2v) is 15.0. The highest BCUT2D eigenvalue weighted by atomic mass is 19.1. The number of benzene rings is 2. The van der Waals surface area contributed by atoms with Gasteiger partial charge in [-0.15, -0.1) is 19.3 Å². The van der Waals surface area contributed by atoms with Gasteiger partial charge in [-0.25, -0.2) is 22.9 Å². The van der Waals surface area contributed by atoms with Crippen LogP contribution >= 0.6 is 0 Å². The van der Waals surface area contributed by atoms with Gasteiger partial charge in [0.05, 0.1) is 36.2 Å². The van der Waals surface area contributed by atoms with E-state index in [9.17, 15) is 14.3 Å². The normalized spacial score (nSPS) is 19.7. The molecule has 4 heterocycles. The molecule has 4 aromatic rings. The third-order valence-electron chi connectivity index (χ3n) is 11.3. The van der Waals surface area contributed by atoms with E-state index in [1.165, 1.54) is 24.3 Å². The average molecular weight is 764 g/mol. The number of carbonyl (C=O) groups excluding carboxylic acids is 1. The van der Waals surface area contributed by atoms with E-state index in [1.54, 1.807) is 0 Å². The van der Waals surface area contributed by atoms with E-state index in [0.717, 1.165) is 19.4 Å². The Kier molecular flexibility index (Phi) is 10.9. The zero-order valence-corrected chi connectivity index (χ0v) is 31.5. The third kappa shape index (κ3) is 7.34. The molecule has 13 heteroatoms. The Hall–Kier alpha value is -5.71. The molecule has 2 aromatic heterocycles. The summed E-state index contributed by atoms with van der Waals surface area (Å²) in [6.07, 6.45) is 20.5. The number of piperazine rings is 1. The van der Waals surface area contributed by atoms with Gasteiger partial charge < -0.3 is 29.9 Å². The Balaban J connectivity index is 1.36. The average Bonchev–Trinajstić information content (AvgIpc) is 3.98. The number of nitrogens with one attached hydrogen (secondary N) is 1. The Bertz CT molecular complexity index is 2290. The molecule has 3 aliphatic rings. The van der Waals surface area contributed by atoms with E-state index in [1.807, 2.05) is 23.6 Å². The molecule has 0 spiro atoms. The zero-order valence-electron chi connectivity index (χ0n) is 31.5. The summed E-state index contributed by atoms with van der Waals surface area (Å²) in [5.74, 6) is 5.89. The molecule has 290 valence electrons. The van der Waals surface area contributed by atoms with Crippen molar-refractivity contribution >= 4 is 33.5 Å². The summed E-state index contributed by atoms with van der Waals surface area (Å²) in [6.45, 7) is 7.04. The van der Waals surface area contributed by atoms with Crippen molar-refractivity contribution in [2.75, 3.05) is 50.8 Å². The molecule has 3 fully saturated rings. The first-order chi connectivity index (χ1) is 27.0. The molecule has 56 heavy (non-hydrogen) atoms. The maximum Gasteiger partial charge on any atom is 0.319 e. The minimum atomic E-state index is -0.895. The number of terminal acetylenes is 3. The molecule has 2 aliphatic heterocycles. The number of urea groups is 1. The molecule has 1 saturated carbocycles. The number of halogens is 3. The largest absolute Gasteiger partial charge is 0.508 e. The van der Waals surface area contributed by atoms with Crippen LogP contribution in [0.25, 0.3) is 32.9 Å². The van der Waals surface area contributed by atoms with Crippen LogP contribution in [0.5, 0.6) is 11.8 Å². The van der Waals surface area contributed by atoms with Gasteiger partial charge in [0.25, 0.3) is 0 Å². The molecular weight excluding hydrogens is 720 g/mol. The maximum atomic E-state index is 17.4. The number of hydrogen-bond acceptors (Lipinski definition) is 8. The predicted octanol–water partition coefficient (Wildman–Crippen LogP) is 6.41. The van der Waals surface area contributed by atoms with Crippen molar-refractivity contribution in [1.82, 2.24) is 30.1 Å². The van der Waals surface area contributed by atoms with Gasteiger partial charge in [0.2, 0.25) is 0 Å². The topological polar surface area (TPSA) is 107 Å². The van der Waals surface area contributed by atoms with Gasteiger partial charge in [-0.1, -0.05) is 31.8 Å². The van der Waals surface area contributed by atoms with Crippen molar-refractivity contribution in [2.24, 2.45) is 5.41 Å². The summed E-state index contributed by atoms with van der Waals surface area (Å²) in [6, 6.07) is 4.40. The van der Waals surface area contributed by atoms with Crippen LogP contribution in [0.1, 0.15) is 63.6 Å². The van der Waals surface area contributed by atoms with Crippen LogP contribution in [0, 0.1) is 54.1 Å². The van der Waals surface area contributed by atoms with Gasteiger partial charge in [-0.05, 0) is 68.0 Å². The number of phenols is 1. The molecule has 1 aliphatic carbocycles. The fraction of sp³-hybridized carbons (Fsp3) is 0.442. The number of ether oxygens (including phenoxy) is 1. The van der Waals surface area contributed by atoms with Gasteiger partial charge in [-0.2, -0.15) is 9.97 Å². The predicted molar refractivity (Wildman–Crippen MR) is 210 cm³/mol. The fourth-order valence-electron chi connectivity index (χ4n) is 8.17. The van der Waals surface area contributed by atoms with Crippen molar-refractivity contribution < 1.29 is 27.8 Å². The number of pyridine rings is 1. The summed E-state index contributed by atoms with van der Waals surface area (Å²) in [4.78, 5) is 33.5. The molecule has 2 amide bonds. The number of phenolic OH excluding ortho intramolecular Hbond substituents is 1. The third-order valence-corrected chi connectivity index (χ3v) is 11.3. The van der Waals surface area contributed by atoms with Gasteiger partial charge >= 0.3 is 12.0 Å². The minimum absolute atomic E-state index is 0.0123. The first-order valence-electron chi connectivity index (χ1n) is 19.1. The molecule has 7 rings (SSSR count). The van der Waals surface area contributed by atoms with Crippen LogP contribution in [-0.2, 0) is 0 Å². The Labute approximate surface area is 324 Å². The van der Waals surface area contributed by atoms with Crippen molar-refractivity contribution in [3.8, 4) is 60.0 Å². The molecule has 2 saturated heterocycles. The fourth-order valence-corrected chi connectivity index (χ4v) is 8.17. The van der Waals surface area contributed by atoms with Crippen molar-refractivity contribution in [2.45, 2.75) is 70.6 Å². The van der Waals surface area contributed by atoms with Crippen LogP contribution in [0.15, 0.2) is 24.3 Å². The number of fused-ring (bicyclic) bond motifs is 2. The highest BCUT2D eigenvalue weighted by Crippen LogP contribution is 2.47. The van der Waals surface area contributed by atoms with Gasteiger partial charge in [0.1, 0.15) is 40.5 Å². The number of aromatic hydroxyl groups is 1. The summed E-state index contributed by atoms with van der Waals surface area (Å²) in [5.41, 5.74) is -0.724. The molecule has 2 aromatic carbocycles. The number of rotatable bonds is 10. The highest BCUT2D eigenvalue weighted by molar-refractivity contribution is 6.04. The standard InChI is InChI=1S/C43H44F3N7O3/c1-6-17-47-42(55)53-28(7-2)22-52(23-29(53)8-3)40-36-34(10-5)48-38(32-21-30(54)20-26-11-12-33(45)31(9-4)35(26)32)37(46)39(36)49-41(50-40)56-25-43(15-16-43)24-51-18-13-27(44)14-19-51/h1,4-5,11-12,20-21,27-29,54H,7-8,13-19,22-25H2,2-3H3,(H,47,55). The Morgan fingerprint density at radius 3 is 2.36 bits per heavy atom. The zero-order chi connectivity index (χ0) is 39.7. The van der Waals surface area contributed by atoms with Crippen molar-refractivity contribution in [3.05, 3.63) is 47.2 Å². The number of anilines is 1. The van der Waals surface area contributed by atoms with E-state index in [0.29, 0.717) is 63.1 Å². The summed E-state index contributed by atoms with van der Waals surface area (Å²) < 4.78 is 52.7. The highest BCUT2D eigenvalue weighted by Gasteiger charge is 2.46. The lowest BCUT2D eigenvalue weighted by Crippen LogP contribution is -2.62. The van der Waals surface area contributed by atoms with Crippen LogP contribution in [0.2, 0.25) is 0 Å². The first kappa shape index (κ1) is 38.6. The molecule has 10 nitrogen and oxygen atoms in total. The smallest absolute Gasteiger partial charge is 0.319 e. The first-order valence-corrected chi connectivity index (χ1v) is 19.1. The minimum Gasteiger partial charge on any atom is -0.508 e. The van der Waals surface area contributed by atoms with Crippen LogP contribution in [-0.4, -0.2) is 100 Å². The van der Waals surface area contributed by atoms with Gasteiger partial charge in [0, 0.05) is 49.1 Å². The number of aromatic nitrogens is 3. The van der Waals surface area contributed by atoms with E-state index in [2.05, 4.69) is 37.9 Å². The lowest BCUT2D eigenvalue weighted by atomic mass is 9.95. The molecule has 2 N–H and O–H groups in total. The van der Waals surface area contributed by atoms with Crippen molar-refractivity contribution in [1.29, 1.82) is 0 Å². The number of nitrogens with zero attached hydrogens (tertiary/aromatic N) is 6. The Morgan fingerprint density at radius 2 is 1.73 bits per heavy atom. The summed E-state index contributed by atoms with van der Waals surface area (Å²) in [7, 11) is 0. The van der Waals surface area contributed by atoms with Gasteiger partial charge in [0.15, 0.2) is 5.82 Å². The van der Waals surface area contributed by atoms with Gasteiger partial charge in [-0.3, -0.25) is 0 Å². The van der Waals surface area contributed by atoms with E-state index < -0.39 is 17.8 Å². The summed E-state index contributed by atoms with van der Waals surface area (Å²) in [5, 5.41) is 14.2. The number of likely N-dealkylation sites (tertiary alicyclic amines) is 1. The number of alkyl halides is 1. The monoisotopic (exact) mass is 763 g/mol. The number of carbonyl (C=O) groups is 1. The van der Waals surface area contributed by atoms with Crippen LogP contribution in [0.4, 0.5) is 23.8 Å². The molecule has 0 radical (unpaired) electrons. The van der Waals surface area contributed by atoms with E-state index in [4.69, 9.17) is 29.0 Å². The SMILES string of the molecule is C#CCNC(=O)N1C(CC)CN(c2nc(OCC3(CN4CCC(F)CC4)CC3)nc3c(F)c(-c4cc(O)cc5ccc(F)c(C#C)c45)nc(C#C)c23)CC1CC. The molecule has 2 unspecified atom stereocenters. The van der Waals surface area contributed by atoms with E-state index >= 15 is 8.78 Å². The molecular formula is C43H44F3N7O3. The lowest BCUT2D eigenvalue weighted by molar-refractivity contribution is 0.107. The number of amides is 2. The number of piperidine rings is 1. The van der Waals surface area contributed by atoms with Crippen LogP contribution < -0.4 is 15.0 Å². The quantitative estimate of drug-likeness (QED) is 0.179. The Morgan fingerprint density at radius 1 is 1.02 bits per heavy atom. The molecule has 2 atom stereocenters. The van der Waals surface area contributed by atoms with Crippen LogP contribution in [0.3, 0.4) is 0 Å². The van der Waals surface area contributed by atoms with Crippen molar-refractivity contribution in [3.63, 3.8) is 0 Å². The summed E-state index contributed by atoms with van der Waals surface area (Å²) >= 11 is 0. The number of hydrogen-bond donors (Lipinski definition) is 2. The second-order valence-electron chi connectivity index (χ2n) is 15.0.